The maximum atomic E-state index is 14.1. The molecule has 2 heterocycles. The molecule has 2 aromatic rings. The SMILES string of the molecule is CC(C)C1=C2[C@H]3CC[C@@H]4[C@@]5(C)CC[C@H](OC(=O)[C@H]6C[C@@H](C(=O)O)C6(C)C)C(C)(C)[C@@H]5CC[C@@]4(C)[C@]3(C)CC[C@@]2(CCNC(=O)c2cnn3cccnc23)CC1=O. The van der Waals surface area contributed by atoms with E-state index in [1.807, 2.05) is 13.8 Å². The Morgan fingerprint density at radius 2 is 1.68 bits per heavy atom. The van der Waals surface area contributed by atoms with Crippen LogP contribution in [0.4, 0.5) is 0 Å². The number of allylic oxidation sites excluding steroid dienone is 2. The number of amides is 1. The van der Waals surface area contributed by atoms with Gasteiger partial charge in [-0.2, -0.15) is 5.10 Å². The van der Waals surface area contributed by atoms with Crippen molar-refractivity contribution in [3.05, 3.63) is 41.4 Å². The Balaban J connectivity index is 1.02. The Morgan fingerprint density at radius 3 is 2.38 bits per heavy atom. The Kier molecular flexibility index (Phi) is 9.10. The predicted molar refractivity (Wildman–Crippen MR) is 212 cm³/mol. The van der Waals surface area contributed by atoms with Crippen LogP contribution in [0.25, 0.3) is 5.65 Å². The monoisotopic (exact) mass is 768 g/mol. The lowest BCUT2D eigenvalue weighted by atomic mass is 9.33. The number of carbonyl (C=O) groups is 4. The third-order valence-corrected chi connectivity index (χ3v) is 18.0. The lowest BCUT2D eigenvalue weighted by Gasteiger charge is -2.72. The number of aromatic nitrogens is 3. The lowest BCUT2D eigenvalue weighted by Crippen LogP contribution is -2.66. The van der Waals surface area contributed by atoms with E-state index >= 15 is 0 Å². The fourth-order valence-electron chi connectivity index (χ4n) is 14.7. The van der Waals surface area contributed by atoms with E-state index in [0.717, 1.165) is 63.4 Å². The van der Waals surface area contributed by atoms with Gasteiger partial charge in [-0.25, -0.2) is 9.50 Å². The highest BCUT2D eigenvalue weighted by molar-refractivity contribution is 6.01. The molecule has 1 amide bonds. The summed E-state index contributed by atoms with van der Waals surface area (Å²) in [5.41, 5.74) is 2.63. The second-order valence-corrected chi connectivity index (χ2v) is 21.2. The summed E-state index contributed by atoms with van der Waals surface area (Å²) < 4.78 is 8.04. The number of ether oxygens (including phenoxy) is 1. The summed E-state index contributed by atoms with van der Waals surface area (Å²) in [5, 5.41) is 17.2. The number of rotatable bonds is 8. The molecule has 6 aliphatic rings. The molecule has 304 valence electrons. The highest BCUT2D eigenvalue weighted by Crippen LogP contribution is 2.77. The first-order valence-corrected chi connectivity index (χ1v) is 21.5. The number of carboxylic acids is 1. The molecule has 2 N–H and O–H groups in total. The molecule has 10 nitrogen and oxygen atoms in total. The van der Waals surface area contributed by atoms with Gasteiger partial charge in [0.15, 0.2) is 11.4 Å². The molecule has 0 bridgehead atoms. The molecule has 0 spiro atoms. The van der Waals surface area contributed by atoms with E-state index in [1.165, 1.54) is 5.57 Å². The van der Waals surface area contributed by atoms with Crippen molar-refractivity contribution in [3.8, 4) is 0 Å². The molecule has 56 heavy (non-hydrogen) atoms. The molecular formula is C46H64N4O6. The highest BCUT2D eigenvalue weighted by atomic mass is 16.5. The zero-order valence-corrected chi connectivity index (χ0v) is 35.2. The van der Waals surface area contributed by atoms with Gasteiger partial charge in [-0.15, -0.1) is 0 Å². The average Bonchev–Trinajstić information content (AvgIpc) is 3.68. The zero-order chi connectivity index (χ0) is 40.4. The van der Waals surface area contributed by atoms with Crippen LogP contribution < -0.4 is 5.32 Å². The molecule has 6 aliphatic carbocycles. The molecule has 2 aromatic heterocycles. The van der Waals surface area contributed by atoms with Crippen LogP contribution in [0.2, 0.25) is 0 Å². The standard InChI is InChI=1S/C46H64N4O6/c1-26(2)35-31(51)24-46(19-21-48-38(52)27-25-49-50-22-10-20-47-37(27)50)18-17-44(8)28(36(35)46)11-12-33-43(7)15-14-34(42(5,6)32(43)13-16-45(33,44)9)56-40(55)30-23-29(39(53)54)41(30,3)4/h10,20,22,25-26,28-30,32-34H,11-19,21,23-24H2,1-9H3,(H,48,52)(H,53,54)/t28-,29+,30-,32+,33-,34+,43+,44-,45-,46-/m1/s1. The van der Waals surface area contributed by atoms with Crippen LogP contribution in [0.15, 0.2) is 35.8 Å². The second-order valence-electron chi connectivity index (χ2n) is 21.2. The molecule has 5 saturated carbocycles. The summed E-state index contributed by atoms with van der Waals surface area (Å²) in [5.74, 6) is -0.432. The van der Waals surface area contributed by atoms with E-state index in [2.05, 4.69) is 63.9 Å². The molecular weight excluding hydrogens is 705 g/mol. The van der Waals surface area contributed by atoms with E-state index in [4.69, 9.17) is 4.74 Å². The first-order valence-electron chi connectivity index (χ1n) is 21.5. The maximum absolute atomic E-state index is 14.1. The number of esters is 1. The van der Waals surface area contributed by atoms with Crippen molar-refractivity contribution in [3.63, 3.8) is 0 Å². The van der Waals surface area contributed by atoms with Gasteiger partial charge in [-0.05, 0) is 121 Å². The Labute approximate surface area is 332 Å². The number of hydrogen-bond acceptors (Lipinski definition) is 7. The molecule has 0 aliphatic heterocycles. The number of carboxylic acid groups (broad SMARTS) is 1. The Bertz CT molecular complexity index is 2010. The van der Waals surface area contributed by atoms with Crippen molar-refractivity contribution in [2.75, 3.05) is 6.54 Å². The molecule has 10 atom stereocenters. The van der Waals surface area contributed by atoms with Crippen molar-refractivity contribution in [2.45, 2.75) is 139 Å². The summed E-state index contributed by atoms with van der Waals surface area (Å²) in [6, 6.07) is 1.79. The highest BCUT2D eigenvalue weighted by Gasteiger charge is 2.70. The van der Waals surface area contributed by atoms with E-state index in [1.54, 1.807) is 29.2 Å². The van der Waals surface area contributed by atoms with Gasteiger partial charge in [-0.3, -0.25) is 19.2 Å². The average molecular weight is 769 g/mol. The van der Waals surface area contributed by atoms with Crippen molar-refractivity contribution in [1.29, 1.82) is 0 Å². The summed E-state index contributed by atoms with van der Waals surface area (Å²) >= 11 is 0. The zero-order valence-electron chi connectivity index (χ0n) is 35.2. The van der Waals surface area contributed by atoms with E-state index in [9.17, 15) is 24.3 Å². The molecule has 10 heteroatoms. The molecule has 0 radical (unpaired) electrons. The molecule has 8 rings (SSSR count). The quantitative estimate of drug-likeness (QED) is 0.255. The Morgan fingerprint density at radius 1 is 0.929 bits per heavy atom. The van der Waals surface area contributed by atoms with Gasteiger partial charge < -0.3 is 15.2 Å². The van der Waals surface area contributed by atoms with Crippen LogP contribution in [-0.2, 0) is 19.1 Å². The largest absolute Gasteiger partial charge is 0.481 e. The van der Waals surface area contributed by atoms with E-state index < -0.39 is 17.3 Å². The predicted octanol–water partition coefficient (Wildman–Crippen LogP) is 8.49. The van der Waals surface area contributed by atoms with Crippen molar-refractivity contribution >= 4 is 29.3 Å². The number of fused-ring (bicyclic) bond motifs is 8. The number of aliphatic carboxylic acids is 1. The van der Waals surface area contributed by atoms with Gasteiger partial charge >= 0.3 is 11.9 Å². The third kappa shape index (κ3) is 5.38. The Hall–Kier alpha value is -3.56. The lowest BCUT2D eigenvalue weighted by molar-refractivity contribution is -0.236. The summed E-state index contributed by atoms with van der Waals surface area (Å²) in [4.78, 5) is 57.3. The second kappa shape index (κ2) is 13.0. The van der Waals surface area contributed by atoms with Crippen LogP contribution >= 0.6 is 0 Å². The van der Waals surface area contributed by atoms with Gasteiger partial charge in [0.2, 0.25) is 0 Å². The first-order chi connectivity index (χ1) is 26.2. The fourth-order valence-corrected chi connectivity index (χ4v) is 14.7. The maximum Gasteiger partial charge on any atom is 0.309 e. The number of carbonyl (C=O) groups excluding carboxylic acids is 3. The van der Waals surface area contributed by atoms with E-state index in [-0.39, 0.29) is 56.9 Å². The van der Waals surface area contributed by atoms with Gasteiger partial charge in [0.1, 0.15) is 11.7 Å². The van der Waals surface area contributed by atoms with Crippen molar-refractivity contribution < 1.29 is 29.0 Å². The molecule has 5 fully saturated rings. The normalized spacial score (nSPS) is 39.6. The molecule has 0 saturated heterocycles. The van der Waals surface area contributed by atoms with Crippen molar-refractivity contribution in [2.24, 2.45) is 68.0 Å². The van der Waals surface area contributed by atoms with Gasteiger partial charge in [0.05, 0.1) is 18.0 Å². The first kappa shape index (κ1) is 39.3. The number of Topliss-reactive ketones (excluding diaryl/α,β-unsaturated/α-hetero) is 1. The minimum absolute atomic E-state index is 0.0312. The topological polar surface area (TPSA) is 140 Å². The minimum Gasteiger partial charge on any atom is -0.481 e. The van der Waals surface area contributed by atoms with Gasteiger partial charge in [0, 0.05) is 36.2 Å². The van der Waals surface area contributed by atoms with Crippen LogP contribution in [0.3, 0.4) is 0 Å². The summed E-state index contributed by atoms with van der Waals surface area (Å²) in [7, 11) is 0. The molecule has 0 unspecified atom stereocenters. The van der Waals surface area contributed by atoms with Crippen LogP contribution in [0, 0.1) is 68.0 Å². The number of nitrogens with zero attached hydrogens (tertiary/aromatic N) is 3. The van der Waals surface area contributed by atoms with Gasteiger partial charge in [0.25, 0.3) is 5.91 Å². The third-order valence-electron chi connectivity index (χ3n) is 18.0. The fraction of sp³-hybridized carbons (Fsp3) is 0.739. The van der Waals surface area contributed by atoms with Crippen LogP contribution in [0.1, 0.15) is 143 Å². The minimum atomic E-state index is -0.830. The summed E-state index contributed by atoms with van der Waals surface area (Å²) in [6.07, 6.45) is 14.7. The number of ketones is 1. The van der Waals surface area contributed by atoms with Crippen molar-refractivity contribution in [1.82, 2.24) is 19.9 Å². The van der Waals surface area contributed by atoms with E-state index in [0.29, 0.717) is 54.1 Å². The van der Waals surface area contributed by atoms with Crippen LogP contribution in [0.5, 0.6) is 0 Å². The number of nitrogens with one attached hydrogen (secondary N) is 1. The number of hydrogen-bond donors (Lipinski definition) is 2. The molecule has 0 aromatic carbocycles. The smallest absolute Gasteiger partial charge is 0.309 e. The van der Waals surface area contributed by atoms with Gasteiger partial charge in [-0.1, -0.05) is 67.9 Å². The van der Waals surface area contributed by atoms with Crippen LogP contribution in [-0.4, -0.2) is 56.0 Å². The summed E-state index contributed by atoms with van der Waals surface area (Å²) in [6.45, 7) is 21.0.